The first kappa shape index (κ1) is 20.7. The van der Waals surface area contributed by atoms with Crippen molar-refractivity contribution < 1.29 is 0 Å². The number of hydrogen-bond donors (Lipinski definition) is 2. The molecule has 0 aliphatic carbocycles. The molecule has 1 aromatic rings. The van der Waals surface area contributed by atoms with Crippen molar-refractivity contribution in [2.45, 2.75) is 26.8 Å². The quantitative estimate of drug-likeness (QED) is 0.401. The monoisotopic (exact) mass is 424 g/mol. The number of nitrogens with one attached hydrogen (secondary N) is 2. The van der Waals surface area contributed by atoms with Gasteiger partial charge in [-0.05, 0) is 38.4 Å². The summed E-state index contributed by atoms with van der Waals surface area (Å²) in [4.78, 5) is 8.22. The molecular weight excluding hydrogens is 395 g/mol. The molecule has 0 radical (unpaired) electrons. The average Bonchev–Trinajstić information content (AvgIpc) is 2.89. The van der Waals surface area contributed by atoms with Crippen molar-refractivity contribution in [3.8, 4) is 0 Å². The van der Waals surface area contributed by atoms with Crippen molar-refractivity contribution in [1.29, 1.82) is 0 Å². The Balaban J connectivity index is 0.00000400. The number of guanidine groups is 1. The van der Waals surface area contributed by atoms with E-state index < -0.39 is 0 Å². The molecule has 1 heterocycles. The molecule has 0 saturated carbocycles. The third-order valence-electron chi connectivity index (χ3n) is 2.92. The van der Waals surface area contributed by atoms with Crippen molar-refractivity contribution >= 4 is 41.3 Å². The van der Waals surface area contributed by atoms with Crippen molar-refractivity contribution in [3.05, 3.63) is 22.4 Å². The average molecular weight is 424 g/mol. The number of nitrogens with zero attached hydrogens (tertiary/aromatic N) is 2. The summed E-state index contributed by atoms with van der Waals surface area (Å²) in [5, 5.41) is 8.88. The standard InChI is InChI=1S/C15H28N4S.HI/c1-6-16-15(17-10-12(2)3)18-11-13(19(4)5)14-8-7-9-20-14;/h7-9,12-13H,6,10-11H2,1-5H3,(H2,16,17,18);1H. The third-order valence-corrected chi connectivity index (χ3v) is 3.89. The summed E-state index contributed by atoms with van der Waals surface area (Å²) in [5.41, 5.74) is 0. The number of likely N-dealkylation sites (N-methyl/N-ethyl adjacent to an activating group) is 1. The van der Waals surface area contributed by atoms with Crippen molar-refractivity contribution in [2.24, 2.45) is 10.9 Å². The van der Waals surface area contributed by atoms with Gasteiger partial charge in [0.15, 0.2) is 5.96 Å². The molecule has 1 unspecified atom stereocenters. The summed E-state index contributed by atoms with van der Waals surface area (Å²) in [5.74, 6) is 1.48. The first-order valence-electron chi connectivity index (χ1n) is 7.26. The molecule has 0 fully saturated rings. The highest BCUT2D eigenvalue weighted by atomic mass is 127. The molecule has 21 heavy (non-hydrogen) atoms. The second kappa shape index (κ2) is 11.3. The van der Waals surface area contributed by atoms with Crippen LogP contribution < -0.4 is 10.6 Å². The van der Waals surface area contributed by atoms with E-state index in [1.807, 2.05) is 0 Å². The van der Waals surface area contributed by atoms with Gasteiger partial charge in [-0.3, -0.25) is 4.99 Å². The van der Waals surface area contributed by atoms with Gasteiger partial charge < -0.3 is 15.5 Å². The zero-order valence-corrected chi connectivity index (χ0v) is 16.9. The molecule has 1 atom stereocenters. The van der Waals surface area contributed by atoms with Crippen LogP contribution in [0.2, 0.25) is 0 Å². The SMILES string of the molecule is CCNC(=NCC(C)C)NCC(c1cccs1)N(C)C.I. The summed E-state index contributed by atoms with van der Waals surface area (Å²) >= 11 is 1.80. The maximum Gasteiger partial charge on any atom is 0.191 e. The van der Waals surface area contributed by atoms with E-state index in [9.17, 15) is 0 Å². The van der Waals surface area contributed by atoms with Crippen LogP contribution in [0.1, 0.15) is 31.7 Å². The molecule has 4 nitrogen and oxygen atoms in total. The van der Waals surface area contributed by atoms with Gasteiger partial charge in [0.25, 0.3) is 0 Å². The van der Waals surface area contributed by atoms with Crippen molar-refractivity contribution in [1.82, 2.24) is 15.5 Å². The lowest BCUT2D eigenvalue weighted by molar-refractivity contribution is 0.302. The van der Waals surface area contributed by atoms with Crippen LogP contribution in [0.25, 0.3) is 0 Å². The van der Waals surface area contributed by atoms with Crippen LogP contribution in [0, 0.1) is 5.92 Å². The Hall–Kier alpha value is -0.340. The molecule has 0 bridgehead atoms. The molecule has 2 N–H and O–H groups in total. The lowest BCUT2D eigenvalue weighted by atomic mass is 10.2. The fourth-order valence-electron chi connectivity index (χ4n) is 1.83. The van der Waals surface area contributed by atoms with Crippen molar-refractivity contribution in [3.63, 3.8) is 0 Å². The van der Waals surface area contributed by atoms with Crippen LogP contribution in [-0.4, -0.2) is 44.6 Å². The molecule has 0 aliphatic rings. The van der Waals surface area contributed by atoms with E-state index >= 15 is 0 Å². The number of aliphatic imine (C=N–C) groups is 1. The highest BCUT2D eigenvalue weighted by Crippen LogP contribution is 2.22. The Morgan fingerprint density at radius 3 is 2.52 bits per heavy atom. The first-order valence-corrected chi connectivity index (χ1v) is 8.14. The first-order chi connectivity index (χ1) is 9.54. The van der Waals surface area contributed by atoms with Gasteiger partial charge in [-0.1, -0.05) is 19.9 Å². The third kappa shape index (κ3) is 8.01. The topological polar surface area (TPSA) is 39.7 Å². The van der Waals surface area contributed by atoms with E-state index in [4.69, 9.17) is 0 Å². The molecule has 0 aromatic carbocycles. The molecule has 1 aromatic heterocycles. The minimum absolute atomic E-state index is 0. The zero-order chi connectivity index (χ0) is 15.0. The van der Waals surface area contributed by atoms with Crippen LogP contribution >= 0.6 is 35.3 Å². The molecule has 0 saturated heterocycles. The van der Waals surface area contributed by atoms with Gasteiger partial charge in [0, 0.05) is 24.5 Å². The summed E-state index contributed by atoms with van der Waals surface area (Å²) < 4.78 is 0. The van der Waals surface area contributed by atoms with Crippen LogP contribution in [0.15, 0.2) is 22.5 Å². The van der Waals surface area contributed by atoms with Gasteiger partial charge in [-0.15, -0.1) is 35.3 Å². The van der Waals surface area contributed by atoms with Gasteiger partial charge in [0.05, 0.1) is 6.04 Å². The normalized spacial score (nSPS) is 13.2. The van der Waals surface area contributed by atoms with E-state index in [0.717, 1.165) is 25.6 Å². The maximum absolute atomic E-state index is 4.60. The van der Waals surface area contributed by atoms with Gasteiger partial charge in [0.2, 0.25) is 0 Å². The fourth-order valence-corrected chi connectivity index (χ4v) is 2.75. The molecule has 0 spiro atoms. The molecule has 6 heteroatoms. The summed E-state index contributed by atoms with van der Waals surface area (Å²) in [6, 6.07) is 4.67. The van der Waals surface area contributed by atoms with E-state index in [1.54, 1.807) is 11.3 Å². The largest absolute Gasteiger partial charge is 0.357 e. The molecule has 0 aliphatic heterocycles. The van der Waals surface area contributed by atoms with Crippen LogP contribution in [0.3, 0.4) is 0 Å². The Bertz CT molecular complexity index is 390. The van der Waals surface area contributed by atoms with E-state index in [2.05, 4.69) is 72.9 Å². The highest BCUT2D eigenvalue weighted by molar-refractivity contribution is 14.0. The van der Waals surface area contributed by atoms with E-state index in [1.165, 1.54) is 4.88 Å². The smallest absolute Gasteiger partial charge is 0.191 e. The lowest BCUT2D eigenvalue weighted by Gasteiger charge is -2.24. The Morgan fingerprint density at radius 2 is 2.05 bits per heavy atom. The minimum atomic E-state index is 0. The van der Waals surface area contributed by atoms with Crippen LogP contribution in [0.5, 0.6) is 0 Å². The second-order valence-electron chi connectivity index (χ2n) is 5.49. The van der Waals surface area contributed by atoms with Gasteiger partial charge in [0.1, 0.15) is 0 Å². The minimum Gasteiger partial charge on any atom is -0.357 e. The Morgan fingerprint density at radius 1 is 1.33 bits per heavy atom. The van der Waals surface area contributed by atoms with Crippen molar-refractivity contribution in [2.75, 3.05) is 33.7 Å². The Kier molecular flexibility index (Phi) is 11.1. The fraction of sp³-hybridized carbons (Fsp3) is 0.667. The van der Waals surface area contributed by atoms with Gasteiger partial charge >= 0.3 is 0 Å². The number of thiophene rings is 1. The van der Waals surface area contributed by atoms with Crippen LogP contribution in [-0.2, 0) is 0 Å². The van der Waals surface area contributed by atoms with Gasteiger partial charge in [-0.25, -0.2) is 0 Å². The predicted molar refractivity (Wildman–Crippen MR) is 105 cm³/mol. The van der Waals surface area contributed by atoms with Gasteiger partial charge in [-0.2, -0.15) is 0 Å². The molecule has 0 amide bonds. The summed E-state index contributed by atoms with van der Waals surface area (Å²) in [6.45, 7) is 9.05. The summed E-state index contributed by atoms with van der Waals surface area (Å²) in [6.07, 6.45) is 0. The summed E-state index contributed by atoms with van der Waals surface area (Å²) in [7, 11) is 4.23. The van der Waals surface area contributed by atoms with Crippen LogP contribution in [0.4, 0.5) is 0 Å². The predicted octanol–water partition coefficient (Wildman–Crippen LogP) is 3.18. The van der Waals surface area contributed by atoms with E-state index in [0.29, 0.717) is 12.0 Å². The molecular formula is C15H29IN4S. The maximum atomic E-state index is 4.60. The molecule has 122 valence electrons. The lowest BCUT2D eigenvalue weighted by Crippen LogP contribution is -2.41. The number of halogens is 1. The van der Waals surface area contributed by atoms with E-state index in [-0.39, 0.29) is 24.0 Å². The highest BCUT2D eigenvalue weighted by Gasteiger charge is 2.15. The number of hydrogen-bond acceptors (Lipinski definition) is 3. The molecule has 1 rings (SSSR count). The zero-order valence-electron chi connectivity index (χ0n) is 13.7. The second-order valence-corrected chi connectivity index (χ2v) is 6.47. The Labute approximate surface area is 150 Å². The number of rotatable bonds is 7.